The summed E-state index contributed by atoms with van der Waals surface area (Å²) in [5.41, 5.74) is 2.35. The van der Waals surface area contributed by atoms with Gasteiger partial charge in [0, 0.05) is 28.7 Å². The minimum absolute atomic E-state index is 0.0210. The summed E-state index contributed by atoms with van der Waals surface area (Å²) >= 11 is 2.54. The minimum atomic E-state index is -3.81. The van der Waals surface area contributed by atoms with Gasteiger partial charge in [0.25, 0.3) is 5.91 Å². The van der Waals surface area contributed by atoms with E-state index in [1.807, 2.05) is 42.6 Å². The maximum Gasteiger partial charge on any atom is 0.266 e. The van der Waals surface area contributed by atoms with Crippen LogP contribution in [0.25, 0.3) is 0 Å². The Balaban J connectivity index is 1.64. The van der Waals surface area contributed by atoms with Gasteiger partial charge in [-0.25, -0.2) is 13.6 Å². The molecular formula is C18H17N3O3S3. The highest BCUT2D eigenvalue weighted by Crippen LogP contribution is 2.27. The maximum atomic E-state index is 12.4. The number of thiophene rings is 1. The monoisotopic (exact) mass is 419 g/mol. The zero-order chi connectivity index (χ0) is 19.4. The molecule has 2 aromatic heterocycles. The topological polar surface area (TPSA) is 102 Å². The van der Waals surface area contributed by atoms with E-state index in [-0.39, 0.29) is 10.1 Å². The molecule has 6 nitrogen and oxygen atoms in total. The van der Waals surface area contributed by atoms with Gasteiger partial charge in [-0.3, -0.25) is 9.78 Å². The summed E-state index contributed by atoms with van der Waals surface area (Å²) in [6, 6.07) is 12.8. The number of primary sulfonamides is 1. The van der Waals surface area contributed by atoms with E-state index in [0.717, 1.165) is 27.5 Å². The Labute approximate surface area is 165 Å². The van der Waals surface area contributed by atoms with Crippen LogP contribution in [0.15, 0.2) is 64.0 Å². The van der Waals surface area contributed by atoms with E-state index in [1.165, 1.54) is 6.07 Å². The van der Waals surface area contributed by atoms with E-state index in [0.29, 0.717) is 16.1 Å². The van der Waals surface area contributed by atoms with Crippen molar-refractivity contribution in [3.8, 4) is 0 Å². The van der Waals surface area contributed by atoms with Crippen LogP contribution < -0.4 is 10.5 Å². The molecule has 0 aliphatic carbocycles. The molecule has 9 heteroatoms. The van der Waals surface area contributed by atoms with E-state index in [9.17, 15) is 13.2 Å². The molecule has 0 aliphatic heterocycles. The molecule has 140 valence electrons. The second kappa shape index (κ2) is 8.22. The number of benzene rings is 1. The summed E-state index contributed by atoms with van der Waals surface area (Å²) in [4.78, 5) is 17.9. The fourth-order valence-electron chi connectivity index (χ4n) is 2.29. The summed E-state index contributed by atoms with van der Waals surface area (Å²) in [5, 5.41) is 7.90. The standard InChI is InChI=1S/C18H17N3O3S3/c1-12-9-16(27(19,23)24)26-17(12)18(22)21-14-4-6-15(7-5-14)25-11-13-3-2-8-20-10-13/h2-10H,11H2,1H3,(H,21,22)(H2,19,23,24). The van der Waals surface area contributed by atoms with Crippen LogP contribution in [0, 0.1) is 6.92 Å². The van der Waals surface area contributed by atoms with Gasteiger partial charge >= 0.3 is 0 Å². The van der Waals surface area contributed by atoms with Crippen LogP contribution in [0.5, 0.6) is 0 Å². The number of nitrogens with one attached hydrogen (secondary N) is 1. The molecule has 2 heterocycles. The number of anilines is 1. The van der Waals surface area contributed by atoms with Gasteiger partial charge in [-0.2, -0.15) is 0 Å². The number of hydrogen-bond acceptors (Lipinski definition) is 6. The van der Waals surface area contributed by atoms with Gasteiger partial charge in [-0.15, -0.1) is 23.1 Å². The molecule has 27 heavy (non-hydrogen) atoms. The average Bonchev–Trinajstić information content (AvgIpc) is 3.04. The molecule has 1 amide bonds. The Bertz CT molecular complexity index is 1050. The van der Waals surface area contributed by atoms with Gasteiger partial charge in [0.15, 0.2) is 0 Å². The lowest BCUT2D eigenvalue weighted by molar-refractivity contribution is 0.103. The first-order valence-corrected chi connectivity index (χ1v) is 11.2. The van der Waals surface area contributed by atoms with Gasteiger partial charge in [-0.1, -0.05) is 6.07 Å². The summed E-state index contributed by atoms with van der Waals surface area (Å²) in [7, 11) is -3.81. The van der Waals surface area contributed by atoms with Crippen molar-refractivity contribution >= 4 is 44.7 Å². The second-order valence-electron chi connectivity index (χ2n) is 5.75. The summed E-state index contributed by atoms with van der Waals surface area (Å²) in [5.74, 6) is 0.452. The number of aryl methyl sites for hydroxylation is 1. The molecule has 3 aromatic rings. The summed E-state index contributed by atoms with van der Waals surface area (Å²) in [6.07, 6.45) is 3.58. The van der Waals surface area contributed by atoms with Crippen LogP contribution >= 0.6 is 23.1 Å². The zero-order valence-corrected chi connectivity index (χ0v) is 16.8. The number of rotatable bonds is 6. The molecule has 3 N–H and O–H groups in total. The second-order valence-corrected chi connectivity index (χ2v) is 9.64. The third-order valence-corrected chi connectivity index (χ3v) is 7.36. The molecule has 3 rings (SSSR count). The van der Waals surface area contributed by atoms with E-state index >= 15 is 0 Å². The number of carbonyl (C=O) groups is 1. The van der Waals surface area contributed by atoms with Crippen molar-refractivity contribution < 1.29 is 13.2 Å². The number of carbonyl (C=O) groups excluding carboxylic acids is 1. The average molecular weight is 420 g/mol. The number of hydrogen-bond donors (Lipinski definition) is 2. The predicted octanol–water partition coefficient (Wildman–Crippen LogP) is 3.64. The van der Waals surface area contributed by atoms with Crippen molar-refractivity contribution in [3.05, 3.63) is 70.9 Å². The van der Waals surface area contributed by atoms with Crippen molar-refractivity contribution in [3.63, 3.8) is 0 Å². The van der Waals surface area contributed by atoms with Gasteiger partial charge in [0.05, 0.1) is 4.88 Å². The lowest BCUT2D eigenvalue weighted by Crippen LogP contribution is -2.11. The van der Waals surface area contributed by atoms with Gasteiger partial charge < -0.3 is 5.32 Å². The molecule has 0 spiro atoms. The number of nitrogens with zero attached hydrogens (tertiary/aromatic N) is 1. The number of sulfonamides is 1. The van der Waals surface area contributed by atoms with Crippen molar-refractivity contribution in [2.24, 2.45) is 5.14 Å². The predicted molar refractivity (Wildman–Crippen MR) is 109 cm³/mol. The SMILES string of the molecule is Cc1cc(S(N)(=O)=O)sc1C(=O)Nc1ccc(SCc2cccnc2)cc1. The Morgan fingerprint density at radius 2 is 2.00 bits per heavy atom. The first-order chi connectivity index (χ1) is 12.8. The number of amides is 1. The summed E-state index contributed by atoms with van der Waals surface area (Å²) in [6.45, 7) is 1.68. The fourth-order valence-corrected chi connectivity index (χ4v) is 4.98. The van der Waals surface area contributed by atoms with Crippen LogP contribution in [-0.2, 0) is 15.8 Å². The van der Waals surface area contributed by atoms with Crippen molar-refractivity contribution in [1.82, 2.24) is 4.98 Å². The number of pyridine rings is 1. The number of aromatic nitrogens is 1. The smallest absolute Gasteiger partial charge is 0.266 e. The van der Waals surface area contributed by atoms with Crippen LogP contribution in [-0.4, -0.2) is 19.3 Å². The van der Waals surface area contributed by atoms with Crippen molar-refractivity contribution in [2.45, 2.75) is 21.8 Å². The zero-order valence-electron chi connectivity index (χ0n) is 14.4. The highest BCUT2D eigenvalue weighted by atomic mass is 32.2. The van der Waals surface area contributed by atoms with Crippen molar-refractivity contribution in [2.75, 3.05) is 5.32 Å². The molecule has 0 saturated heterocycles. The highest BCUT2D eigenvalue weighted by molar-refractivity contribution is 7.98. The molecule has 1 aromatic carbocycles. The van der Waals surface area contributed by atoms with Crippen molar-refractivity contribution in [1.29, 1.82) is 0 Å². The molecule has 0 fully saturated rings. The fraction of sp³-hybridized carbons (Fsp3) is 0.111. The van der Waals surface area contributed by atoms with E-state index in [4.69, 9.17) is 5.14 Å². The van der Waals surface area contributed by atoms with Crippen LogP contribution in [0.1, 0.15) is 20.8 Å². The third-order valence-electron chi connectivity index (χ3n) is 3.62. The van der Waals surface area contributed by atoms with Crippen LogP contribution in [0.3, 0.4) is 0 Å². The normalized spacial score (nSPS) is 11.3. The molecule has 0 atom stereocenters. The lowest BCUT2D eigenvalue weighted by atomic mass is 10.2. The quantitative estimate of drug-likeness (QED) is 0.594. The van der Waals surface area contributed by atoms with Gasteiger partial charge in [0.1, 0.15) is 4.21 Å². The molecule has 0 aliphatic rings. The highest BCUT2D eigenvalue weighted by Gasteiger charge is 2.19. The van der Waals surface area contributed by atoms with Gasteiger partial charge in [-0.05, 0) is 54.4 Å². The molecule has 0 bridgehead atoms. The van der Waals surface area contributed by atoms with E-state index in [2.05, 4.69) is 10.3 Å². The van der Waals surface area contributed by atoms with E-state index in [1.54, 1.807) is 24.9 Å². The molecule has 0 unspecified atom stereocenters. The first-order valence-electron chi connectivity index (χ1n) is 7.89. The number of nitrogens with two attached hydrogens (primary N) is 1. The largest absolute Gasteiger partial charge is 0.321 e. The maximum absolute atomic E-state index is 12.4. The lowest BCUT2D eigenvalue weighted by Gasteiger charge is -2.06. The Hall–Kier alpha value is -2.20. The Morgan fingerprint density at radius 3 is 2.59 bits per heavy atom. The van der Waals surface area contributed by atoms with E-state index < -0.39 is 10.0 Å². The molecule has 0 radical (unpaired) electrons. The Kier molecular flexibility index (Phi) is 5.95. The minimum Gasteiger partial charge on any atom is -0.321 e. The third kappa shape index (κ3) is 5.16. The van der Waals surface area contributed by atoms with Gasteiger partial charge in [0.2, 0.25) is 10.0 Å². The number of thioether (sulfide) groups is 1. The summed E-state index contributed by atoms with van der Waals surface area (Å²) < 4.78 is 22.8. The Morgan fingerprint density at radius 1 is 1.26 bits per heavy atom. The van der Waals surface area contributed by atoms with Crippen LogP contribution in [0.4, 0.5) is 5.69 Å². The first kappa shape index (κ1) is 19.6. The molecule has 0 saturated carbocycles. The van der Waals surface area contributed by atoms with Crippen LogP contribution in [0.2, 0.25) is 0 Å². The molecular weight excluding hydrogens is 402 g/mol.